The summed E-state index contributed by atoms with van der Waals surface area (Å²) in [6.07, 6.45) is 2.36. The smallest absolute Gasteiger partial charge is 0.137 e. The molecule has 1 saturated heterocycles. The predicted molar refractivity (Wildman–Crippen MR) is 68.6 cm³/mol. The van der Waals surface area contributed by atoms with Crippen LogP contribution in [0.1, 0.15) is 31.2 Å². The van der Waals surface area contributed by atoms with Gasteiger partial charge in [0, 0.05) is 25.1 Å². The molecule has 1 atom stereocenters. The van der Waals surface area contributed by atoms with Crippen molar-refractivity contribution in [3.63, 3.8) is 0 Å². The van der Waals surface area contributed by atoms with E-state index in [0.29, 0.717) is 11.7 Å². The standard InChI is InChI=1S/C12H18ClN3O/c1-3-10-14-11(13)8(2)12(15-10)16-6-4-5-9(17)7-16/h9,17H,3-7H2,1-2H3. The molecular weight excluding hydrogens is 238 g/mol. The van der Waals surface area contributed by atoms with Crippen molar-refractivity contribution in [2.45, 2.75) is 39.2 Å². The van der Waals surface area contributed by atoms with Gasteiger partial charge in [0.2, 0.25) is 0 Å². The van der Waals surface area contributed by atoms with Gasteiger partial charge in [-0.3, -0.25) is 0 Å². The molecule has 1 aliphatic heterocycles. The van der Waals surface area contributed by atoms with Crippen LogP contribution in [-0.2, 0) is 6.42 Å². The fraction of sp³-hybridized carbons (Fsp3) is 0.667. The van der Waals surface area contributed by atoms with Crippen LogP contribution >= 0.6 is 11.6 Å². The minimum atomic E-state index is -0.262. The number of piperidine rings is 1. The van der Waals surface area contributed by atoms with Crippen LogP contribution < -0.4 is 4.90 Å². The highest BCUT2D eigenvalue weighted by Crippen LogP contribution is 2.26. The highest BCUT2D eigenvalue weighted by molar-refractivity contribution is 6.30. The second kappa shape index (κ2) is 5.19. The molecule has 0 saturated carbocycles. The van der Waals surface area contributed by atoms with Crippen LogP contribution in [0.4, 0.5) is 5.82 Å². The summed E-state index contributed by atoms with van der Waals surface area (Å²) >= 11 is 6.11. The second-order valence-electron chi connectivity index (χ2n) is 4.47. The Balaban J connectivity index is 2.33. The molecular formula is C12H18ClN3O. The summed E-state index contributed by atoms with van der Waals surface area (Å²) in [5, 5.41) is 10.2. The molecule has 1 aliphatic rings. The Kier molecular flexibility index (Phi) is 3.84. The first-order chi connectivity index (χ1) is 8.11. The quantitative estimate of drug-likeness (QED) is 0.821. The van der Waals surface area contributed by atoms with Gasteiger partial charge in [-0.15, -0.1) is 0 Å². The Morgan fingerprint density at radius 1 is 1.47 bits per heavy atom. The van der Waals surface area contributed by atoms with E-state index in [1.54, 1.807) is 0 Å². The number of aromatic nitrogens is 2. The van der Waals surface area contributed by atoms with Crippen molar-refractivity contribution >= 4 is 17.4 Å². The third kappa shape index (κ3) is 2.69. The summed E-state index contributed by atoms with van der Waals surface area (Å²) in [7, 11) is 0. The fourth-order valence-electron chi connectivity index (χ4n) is 2.13. The summed E-state index contributed by atoms with van der Waals surface area (Å²) < 4.78 is 0. The number of hydrogen-bond acceptors (Lipinski definition) is 4. The van der Waals surface area contributed by atoms with Gasteiger partial charge in [0.05, 0.1) is 6.10 Å². The Labute approximate surface area is 107 Å². The third-order valence-corrected chi connectivity index (χ3v) is 3.49. The molecule has 2 heterocycles. The molecule has 4 nitrogen and oxygen atoms in total. The van der Waals surface area contributed by atoms with E-state index in [2.05, 4.69) is 14.9 Å². The van der Waals surface area contributed by atoms with Crippen molar-refractivity contribution in [3.05, 3.63) is 16.5 Å². The maximum atomic E-state index is 9.71. The monoisotopic (exact) mass is 255 g/mol. The van der Waals surface area contributed by atoms with E-state index in [0.717, 1.165) is 43.0 Å². The van der Waals surface area contributed by atoms with Crippen molar-refractivity contribution in [2.75, 3.05) is 18.0 Å². The number of aliphatic hydroxyl groups is 1. The molecule has 1 fully saturated rings. The molecule has 5 heteroatoms. The Morgan fingerprint density at radius 3 is 2.88 bits per heavy atom. The van der Waals surface area contributed by atoms with Gasteiger partial charge < -0.3 is 10.0 Å². The summed E-state index contributed by atoms with van der Waals surface area (Å²) in [5.74, 6) is 1.64. The van der Waals surface area contributed by atoms with Crippen LogP contribution in [0, 0.1) is 6.92 Å². The van der Waals surface area contributed by atoms with E-state index in [-0.39, 0.29) is 6.10 Å². The number of anilines is 1. The predicted octanol–water partition coefficient (Wildman–Crippen LogP) is 1.96. The zero-order chi connectivity index (χ0) is 12.4. The first kappa shape index (κ1) is 12.6. The van der Waals surface area contributed by atoms with Crippen molar-refractivity contribution in [2.24, 2.45) is 0 Å². The molecule has 1 aromatic rings. The molecule has 0 amide bonds. The summed E-state index contributed by atoms with van der Waals surface area (Å²) in [5.41, 5.74) is 0.901. The summed E-state index contributed by atoms with van der Waals surface area (Å²) in [4.78, 5) is 10.9. The lowest BCUT2D eigenvalue weighted by Gasteiger charge is -2.32. The van der Waals surface area contributed by atoms with E-state index < -0.39 is 0 Å². The zero-order valence-corrected chi connectivity index (χ0v) is 11.0. The number of hydrogen-bond donors (Lipinski definition) is 1. The third-order valence-electron chi connectivity index (χ3n) is 3.12. The first-order valence-corrected chi connectivity index (χ1v) is 6.45. The van der Waals surface area contributed by atoms with Crippen LogP contribution in [0.3, 0.4) is 0 Å². The number of nitrogens with zero attached hydrogens (tertiary/aromatic N) is 3. The Hall–Kier alpha value is -0.870. The van der Waals surface area contributed by atoms with Gasteiger partial charge in [-0.25, -0.2) is 9.97 Å². The summed E-state index contributed by atoms with van der Waals surface area (Å²) in [6, 6.07) is 0. The van der Waals surface area contributed by atoms with Crippen LogP contribution in [0.2, 0.25) is 5.15 Å². The minimum Gasteiger partial charge on any atom is -0.391 e. The van der Waals surface area contributed by atoms with Gasteiger partial charge in [0.25, 0.3) is 0 Å². The van der Waals surface area contributed by atoms with Gasteiger partial charge in [-0.05, 0) is 19.8 Å². The summed E-state index contributed by atoms with van der Waals surface area (Å²) in [6.45, 7) is 5.50. The van der Waals surface area contributed by atoms with Gasteiger partial charge >= 0.3 is 0 Å². The molecule has 0 aliphatic carbocycles. The molecule has 17 heavy (non-hydrogen) atoms. The van der Waals surface area contributed by atoms with Crippen LogP contribution in [0.25, 0.3) is 0 Å². The number of β-amino-alcohol motifs (C(OH)–C–C–N with tert-alkyl or cyclic N) is 1. The van der Waals surface area contributed by atoms with E-state index in [1.807, 2.05) is 13.8 Å². The van der Waals surface area contributed by atoms with Crippen molar-refractivity contribution in [1.82, 2.24) is 9.97 Å². The average Bonchev–Trinajstić information content (AvgIpc) is 2.32. The molecule has 0 radical (unpaired) electrons. The minimum absolute atomic E-state index is 0.262. The Bertz CT molecular complexity index is 411. The van der Waals surface area contributed by atoms with E-state index in [1.165, 1.54) is 0 Å². The van der Waals surface area contributed by atoms with E-state index in [9.17, 15) is 5.11 Å². The Morgan fingerprint density at radius 2 is 2.24 bits per heavy atom. The van der Waals surface area contributed by atoms with E-state index in [4.69, 9.17) is 11.6 Å². The molecule has 2 rings (SSSR count). The van der Waals surface area contributed by atoms with Crippen molar-refractivity contribution in [3.8, 4) is 0 Å². The lowest BCUT2D eigenvalue weighted by molar-refractivity contribution is 0.154. The molecule has 94 valence electrons. The average molecular weight is 256 g/mol. The SMILES string of the molecule is CCc1nc(Cl)c(C)c(N2CCCC(O)C2)n1. The topological polar surface area (TPSA) is 49.2 Å². The maximum Gasteiger partial charge on any atom is 0.137 e. The normalized spacial score (nSPS) is 20.7. The number of aliphatic hydroxyl groups excluding tert-OH is 1. The lowest BCUT2D eigenvalue weighted by atomic mass is 10.1. The molecule has 1 aromatic heterocycles. The molecule has 1 N–H and O–H groups in total. The molecule has 0 bridgehead atoms. The molecule has 0 aromatic carbocycles. The van der Waals surface area contributed by atoms with Crippen LogP contribution in [0.15, 0.2) is 0 Å². The lowest BCUT2D eigenvalue weighted by Crippen LogP contribution is -2.39. The number of rotatable bonds is 2. The van der Waals surface area contributed by atoms with Gasteiger partial charge in [-0.1, -0.05) is 18.5 Å². The zero-order valence-electron chi connectivity index (χ0n) is 10.3. The largest absolute Gasteiger partial charge is 0.391 e. The van der Waals surface area contributed by atoms with Crippen LogP contribution in [-0.4, -0.2) is 34.3 Å². The van der Waals surface area contributed by atoms with E-state index >= 15 is 0 Å². The van der Waals surface area contributed by atoms with Crippen LogP contribution in [0.5, 0.6) is 0 Å². The molecule has 0 spiro atoms. The van der Waals surface area contributed by atoms with Gasteiger partial charge in [-0.2, -0.15) is 0 Å². The van der Waals surface area contributed by atoms with Gasteiger partial charge in [0.1, 0.15) is 16.8 Å². The fourth-order valence-corrected chi connectivity index (χ4v) is 2.32. The van der Waals surface area contributed by atoms with Crippen molar-refractivity contribution < 1.29 is 5.11 Å². The highest BCUT2D eigenvalue weighted by Gasteiger charge is 2.21. The number of halogens is 1. The second-order valence-corrected chi connectivity index (χ2v) is 4.83. The molecule has 1 unspecified atom stereocenters. The van der Waals surface area contributed by atoms with Crippen molar-refractivity contribution in [1.29, 1.82) is 0 Å². The first-order valence-electron chi connectivity index (χ1n) is 6.07. The number of aryl methyl sites for hydroxylation is 1. The highest BCUT2D eigenvalue weighted by atomic mass is 35.5. The van der Waals surface area contributed by atoms with Gasteiger partial charge in [0.15, 0.2) is 0 Å². The maximum absolute atomic E-state index is 9.71.